The van der Waals surface area contributed by atoms with Gasteiger partial charge in [-0.05, 0) is 38.1 Å². The van der Waals surface area contributed by atoms with Crippen LogP contribution in [0.5, 0.6) is 0 Å². The third-order valence-corrected chi connectivity index (χ3v) is 7.72. The first-order valence-electron chi connectivity index (χ1n) is 10.4. The van der Waals surface area contributed by atoms with E-state index < -0.39 is 15.8 Å². The number of hydrogen-bond donors (Lipinski definition) is 0. The summed E-state index contributed by atoms with van der Waals surface area (Å²) in [7, 11) is -2.17. The molecule has 4 aromatic rings. The van der Waals surface area contributed by atoms with Gasteiger partial charge in [0.25, 0.3) is 0 Å². The van der Waals surface area contributed by atoms with Crippen molar-refractivity contribution < 1.29 is 12.8 Å². The maximum absolute atomic E-state index is 13.2. The average Bonchev–Trinajstić information content (AvgIpc) is 3.30. The van der Waals surface area contributed by atoms with E-state index in [0.717, 1.165) is 17.2 Å². The standard InChI is InChI=1S/C21H23N7O4S/c1-14-10-15(2)28(24-14)20-12-19(22-13-23-20)26-6-8-27(9-7-26)33(30,31)16-4-5-18-17(11-16)25(3)21(29)32-18/h4-5,10-13H,6-9H2,1-3H3. The Balaban J connectivity index is 1.35. The first-order valence-corrected chi connectivity index (χ1v) is 11.9. The average molecular weight is 470 g/mol. The van der Waals surface area contributed by atoms with Crippen LogP contribution in [-0.4, -0.2) is 63.2 Å². The van der Waals surface area contributed by atoms with Crippen LogP contribution in [0.25, 0.3) is 16.9 Å². The van der Waals surface area contributed by atoms with Crippen LogP contribution in [-0.2, 0) is 17.1 Å². The van der Waals surface area contributed by atoms with E-state index in [9.17, 15) is 13.2 Å². The van der Waals surface area contributed by atoms with Crippen molar-refractivity contribution in [1.82, 2.24) is 28.6 Å². The molecule has 0 aliphatic carbocycles. The second-order valence-corrected chi connectivity index (χ2v) is 9.96. The van der Waals surface area contributed by atoms with Gasteiger partial charge in [-0.25, -0.2) is 27.9 Å². The lowest BCUT2D eigenvalue weighted by Gasteiger charge is -2.34. The Bertz CT molecular complexity index is 1510. The van der Waals surface area contributed by atoms with Crippen LogP contribution in [0.1, 0.15) is 11.4 Å². The molecule has 0 atom stereocenters. The normalized spacial score (nSPS) is 15.4. The van der Waals surface area contributed by atoms with Crippen molar-refractivity contribution in [2.45, 2.75) is 18.7 Å². The summed E-state index contributed by atoms with van der Waals surface area (Å²) in [6.45, 7) is 5.48. The number of oxazole rings is 1. The molecule has 1 aromatic carbocycles. The molecule has 172 valence electrons. The van der Waals surface area contributed by atoms with Gasteiger partial charge in [0.2, 0.25) is 10.0 Å². The second-order valence-electron chi connectivity index (χ2n) is 8.02. The Morgan fingerprint density at radius 2 is 1.70 bits per heavy atom. The van der Waals surface area contributed by atoms with E-state index in [1.54, 1.807) is 11.7 Å². The van der Waals surface area contributed by atoms with E-state index in [1.165, 1.54) is 33.4 Å². The van der Waals surface area contributed by atoms with Crippen molar-refractivity contribution >= 4 is 26.9 Å². The fourth-order valence-electron chi connectivity index (χ4n) is 4.06. The van der Waals surface area contributed by atoms with Crippen LogP contribution in [0.4, 0.5) is 5.82 Å². The Morgan fingerprint density at radius 3 is 2.39 bits per heavy atom. The molecule has 0 unspecified atom stereocenters. The summed E-state index contributed by atoms with van der Waals surface area (Å²) in [5, 5.41) is 4.47. The molecule has 1 fully saturated rings. The van der Waals surface area contributed by atoms with Crippen molar-refractivity contribution in [3.05, 3.63) is 58.6 Å². The van der Waals surface area contributed by atoms with E-state index in [4.69, 9.17) is 4.42 Å². The summed E-state index contributed by atoms with van der Waals surface area (Å²) >= 11 is 0. The third-order valence-electron chi connectivity index (χ3n) is 5.83. The molecule has 12 heteroatoms. The highest BCUT2D eigenvalue weighted by molar-refractivity contribution is 7.89. The van der Waals surface area contributed by atoms with Crippen LogP contribution >= 0.6 is 0 Å². The number of rotatable bonds is 4. The molecule has 0 saturated carbocycles. The second kappa shape index (κ2) is 7.81. The first-order chi connectivity index (χ1) is 15.7. The highest BCUT2D eigenvalue weighted by Crippen LogP contribution is 2.24. The number of benzene rings is 1. The maximum Gasteiger partial charge on any atom is 0.419 e. The zero-order chi connectivity index (χ0) is 23.3. The Kier molecular flexibility index (Phi) is 5.05. The number of piperazine rings is 1. The molecule has 1 aliphatic heterocycles. The number of aryl methyl sites for hydroxylation is 3. The smallest absolute Gasteiger partial charge is 0.408 e. The van der Waals surface area contributed by atoms with Crippen molar-refractivity contribution in [1.29, 1.82) is 0 Å². The minimum Gasteiger partial charge on any atom is -0.408 e. The quantitative estimate of drug-likeness (QED) is 0.438. The molecular formula is C21H23N7O4S. The van der Waals surface area contributed by atoms with Crippen LogP contribution in [0.15, 0.2) is 50.8 Å². The first kappa shape index (κ1) is 21.3. The topological polar surface area (TPSA) is 119 Å². The van der Waals surface area contributed by atoms with E-state index in [0.29, 0.717) is 43.1 Å². The largest absolute Gasteiger partial charge is 0.419 e. The van der Waals surface area contributed by atoms with Gasteiger partial charge in [0, 0.05) is 45.0 Å². The van der Waals surface area contributed by atoms with Gasteiger partial charge >= 0.3 is 5.76 Å². The predicted octanol–water partition coefficient (Wildman–Crippen LogP) is 1.23. The van der Waals surface area contributed by atoms with Crippen molar-refractivity contribution in [3.63, 3.8) is 0 Å². The van der Waals surface area contributed by atoms with Gasteiger partial charge in [-0.1, -0.05) is 0 Å². The Morgan fingerprint density at radius 1 is 0.970 bits per heavy atom. The van der Waals surface area contributed by atoms with Crippen molar-refractivity contribution in [2.24, 2.45) is 7.05 Å². The lowest BCUT2D eigenvalue weighted by molar-refractivity contribution is 0.383. The zero-order valence-corrected chi connectivity index (χ0v) is 19.3. The predicted molar refractivity (Wildman–Crippen MR) is 121 cm³/mol. The molecule has 0 bridgehead atoms. The summed E-state index contributed by atoms with van der Waals surface area (Å²) in [6.07, 6.45) is 1.49. The fraction of sp³-hybridized carbons (Fsp3) is 0.333. The van der Waals surface area contributed by atoms with Crippen LogP contribution < -0.4 is 10.7 Å². The summed E-state index contributed by atoms with van der Waals surface area (Å²) < 4.78 is 36.1. The van der Waals surface area contributed by atoms with E-state index >= 15 is 0 Å². The van der Waals surface area contributed by atoms with Gasteiger partial charge in [-0.2, -0.15) is 9.40 Å². The summed E-state index contributed by atoms with van der Waals surface area (Å²) in [5.41, 5.74) is 2.67. The van der Waals surface area contributed by atoms with Gasteiger partial charge < -0.3 is 9.32 Å². The highest BCUT2D eigenvalue weighted by atomic mass is 32.2. The SMILES string of the molecule is Cc1cc(C)n(-c2cc(N3CCN(S(=O)(=O)c4ccc5oc(=O)n(C)c5c4)CC3)ncn2)n1. The Hall–Kier alpha value is -3.51. The number of anilines is 1. The number of fused-ring (bicyclic) bond motifs is 1. The highest BCUT2D eigenvalue weighted by Gasteiger charge is 2.29. The van der Waals surface area contributed by atoms with Crippen LogP contribution in [0, 0.1) is 13.8 Å². The molecule has 1 saturated heterocycles. The maximum atomic E-state index is 13.2. The van der Waals surface area contributed by atoms with Gasteiger partial charge in [0.05, 0.1) is 16.1 Å². The summed E-state index contributed by atoms with van der Waals surface area (Å²) in [6, 6.07) is 8.30. The fourth-order valence-corrected chi connectivity index (χ4v) is 5.50. The van der Waals surface area contributed by atoms with E-state index in [-0.39, 0.29) is 4.90 Å². The molecule has 0 N–H and O–H groups in total. The van der Waals surface area contributed by atoms with Crippen LogP contribution in [0.2, 0.25) is 0 Å². The molecule has 5 rings (SSSR count). The van der Waals surface area contributed by atoms with Crippen LogP contribution in [0.3, 0.4) is 0 Å². The summed E-state index contributed by atoms with van der Waals surface area (Å²) in [4.78, 5) is 22.6. The van der Waals surface area contributed by atoms with Crippen molar-refractivity contribution in [2.75, 3.05) is 31.1 Å². The van der Waals surface area contributed by atoms with Gasteiger partial charge in [-0.15, -0.1) is 0 Å². The molecule has 0 amide bonds. The van der Waals surface area contributed by atoms with Gasteiger partial charge in [0.1, 0.15) is 12.1 Å². The van der Waals surface area contributed by atoms with E-state index in [1.807, 2.05) is 30.9 Å². The zero-order valence-electron chi connectivity index (χ0n) is 18.5. The third kappa shape index (κ3) is 3.70. The number of aromatic nitrogens is 5. The lowest BCUT2D eigenvalue weighted by atomic mass is 10.3. The molecular weight excluding hydrogens is 446 g/mol. The van der Waals surface area contributed by atoms with Gasteiger partial charge in [0.15, 0.2) is 11.4 Å². The molecule has 0 spiro atoms. The number of hydrogen-bond acceptors (Lipinski definition) is 8. The number of sulfonamides is 1. The van der Waals surface area contributed by atoms with Crippen molar-refractivity contribution in [3.8, 4) is 5.82 Å². The molecule has 4 heterocycles. The molecule has 3 aromatic heterocycles. The molecule has 1 aliphatic rings. The Labute approximate surface area is 189 Å². The van der Waals surface area contributed by atoms with Gasteiger partial charge in [-0.3, -0.25) is 4.57 Å². The monoisotopic (exact) mass is 469 g/mol. The molecule has 11 nitrogen and oxygen atoms in total. The molecule has 0 radical (unpaired) electrons. The number of nitrogens with zero attached hydrogens (tertiary/aromatic N) is 7. The molecule has 33 heavy (non-hydrogen) atoms. The van der Waals surface area contributed by atoms with E-state index in [2.05, 4.69) is 15.1 Å². The minimum absolute atomic E-state index is 0.133. The lowest BCUT2D eigenvalue weighted by Crippen LogP contribution is -2.49. The minimum atomic E-state index is -3.72. The summed E-state index contributed by atoms with van der Waals surface area (Å²) in [5.74, 6) is 0.858.